The van der Waals surface area contributed by atoms with Crippen molar-refractivity contribution in [2.45, 2.75) is 38.8 Å². The predicted molar refractivity (Wildman–Crippen MR) is 71.6 cm³/mol. The lowest BCUT2D eigenvalue weighted by Gasteiger charge is -2.36. The molecule has 1 aliphatic rings. The van der Waals surface area contributed by atoms with Crippen LogP contribution in [0.1, 0.15) is 38.8 Å². The molecule has 0 fully saturated rings. The smallest absolute Gasteiger partial charge is 0.149 e. The Bertz CT molecular complexity index is 497. The van der Waals surface area contributed by atoms with E-state index in [0.29, 0.717) is 6.61 Å². The third-order valence-electron chi connectivity index (χ3n) is 2.97. The topological polar surface area (TPSA) is 44.5 Å². The number of hydrogen-bond acceptors (Lipinski definition) is 3. The molecule has 96 valence electrons. The summed E-state index contributed by atoms with van der Waals surface area (Å²) in [6.45, 7) is 6.28. The molecular formula is C15H19NO2. The van der Waals surface area contributed by atoms with E-state index in [9.17, 15) is 0 Å². The molecule has 0 saturated heterocycles. The summed E-state index contributed by atoms with van der Waals surface area (Å²) >= 11 is 0. The standard InChI is InChI=1S/C15H19NO2/c1-4-5-8-17-11-6-7-12-13(16)10-15(2,3)18-14(12)9-11/h6-7,9,13H,8,10,16H2,1-3H3. The van der Waals surface area contributed by atoms with E-state index in [0.717, 1.165) is 23.5 Å². The van der Waals surface area contributed by atoms with E-state index in [1.807, 2.05) is 32.0 Å². The zero-order chi connectivity index (χ0) is 13.2. The molecular weight excluding hydrogens is 226 g/mol. The first-order valence-corrected chi connectivity index (χ1v) is 6.13. The average molecular weight is 245 g/mol. The molecule has 1 atom stereocenters. The second kappa shape index (κ2) is 4.91. The van der Waals surface area contributed by atoms with Gasteiger partial charge in [-0.2, -0.15) is 0 Å². The largest absolute Gasteiger partial charge is 0.487 e. The molecule has 1 aromatic carbocycles. The summed E-state index contributed by atoms with van der Waals surface area (Å²) in [7, 11) is 0. The van der Waals surface area contributed by atoms with Crippen molar-refractivity contribution in [1.29, 1.82) is 0 Å². The van der Waals surface area contributed by atoms with Crippen LogP contribution in [0.4, 0.5) is 0 Å². The first-order chi connectivity index (χ1) is 8.52. The van der Waals surface area contributed by atoms with Crippen molar-refractivity contribution in [1.82, 2.24) is 0 Å². The molecule has 1 aromatic rings. The lowest BCUT2D eigenvalue weighted by molar-refractivity contribution is 0.0725. The third-order valence-corrected chi connectivity index (χ3v) is 2.97. The van der Waals surface area contributed by atoms with E-state index in [1.54, 1.807) is 6.92 Å². The number of hydrogen-bond donors (Lipinski definition) is 1. The minimum absolute atomic E-state index is 0.0215. The monoisotopic (exact) mass is 245 g/mol. The number of benzene rings is 1. The molecule has 3 nitrogen and oxygen atoms in total. The molecule has 2 rings (SSSR count). The molecule has 1 aliphatic heterocycles. The van der Waals surface area contributed by atoms with Crippen LogP contribution in [0.3, 0.4) is 0 Å². The summed E-state index contributed by atoms with van der Waals surface area (Å²) in [5, 5.41) is 0. The summed E-state index contributed by atoms with van der Waals surface area (Å²) in [5.41, 5.74) is 6.97. The normalized spacial score (nSPS) is 20.1. The lowest BCUT2D eigenvalue weighted by Crippen LogP contribution is -2.37. The van der Waals surface area contributed by atoms with Crippen LogP contribution < -0.4 is 15.2 Å². The molecule has 2 N–H and O–H groups in total. The highest BCUT2D eigenvalue weighted by Gasteiger charge is 2.31. The Kier molecular flexibility index (Phi) is 3.49. The molecule has 0 spiro atoms. The van der Waals surface area contributed by atoms with Gasteiger partial charge in [0.15, 0.2) is 0 Å². The van der Waals surface area contributed by atoms with Crippen LogP contribution in [0, 0.1) is 11.8 Å². The van der Waals surface area contributed by atoms with Gasteiger partial charge in [0, 0.05) is 24.1 Å². The highest BCUT2D eigenvalue weighted by Crippen LogP contribution is 2.39. The minimum Gasteiger partial charge on any atom is -0.487 e. The van der Waals surface area contributed by atoms with Gasteiger partial charge in [0.25, 0.3) is 0 Å². The van der Waals surface area contributed by atoms with Gasteiger partial charge in [-0.15, -0.1) is 5.92 Å². The zero-order valence-electron chi connectivity index (χ0n) is 11.1. The van der Waals surface area contributed by atoms with Crippen molar-refractivity contribution in [3.05, 3.63) is 23.8 Å². The van der Waals surface area contributed by atoms with Crippen LogP contribution in [0.15, 0.2) is 18.2 Å². The Morgan fingerprint density at radius 2 is 2.28 bits per heavy atom. The van der Waals surface area contributed by atoms with Crippen LogP contribution in [-0.4, -0.2) is 12.2 Å². The zero-order valence-corrected chi connectivity index (χ0v) is 11.1. The van der Waals surface area contributed by atoms with Crippen molar-refractivity contribution >= 4 is 0 Å². The predicted octanol–water partition coefficient (Wildman–Crippen LogP) is 2.65. The average Bonchev–Trinajstić information content (AvgIpc) is 2.27. The van der Waals surface area contributed by atoms with Crippen LogP contribution >= 0.6 is 0 Å². The number of nitrogens with two attached hydrogens (primary N) is 1. The summed E-state index contributed by atoms with van der Waals surface area (Å²) in [4.78, 5) is 0. The van der Waals surface area contributed by atoms with E-state index in [1.165, 1.54) is 0 Å². The maximum atomic E-state index is 6.15. The maximum Gasteiger partial charge on any atom is 0.149 e. The highest BCUT2D eigenvalue weighted by atomic mass is 16.5. The molecule has 0 saturated carbocycles. The molecule has 0 bridgehead atoms. The van der Waals surface area contributed by atoms with Crippen molar-refractivity contribution in [2.24, 2.45) is 5.73 Å². The van der Waals surface area contributed by atoms with Crippen LogP contribution in [-0.2, 0) is 0 Å². The number of rotatable bonds is 2. The molecule has 18 heavy (non-hydrogen) atoms. The van der Waals surface area contributed by atoms with E-state index in [-0.39, 0.29) is 11.6 Å². The van der Waals surface area contributed by atoms with E-state index >= 15 is 0 Å². The van der Waals surface area contributed by atoms with Crippen LogP contribution in [0.2, 0.25) is 0 Å². The number of fused-ring (bicyclic) bond motifs is 1. The summed E-state index contributed by atoms with van der Waals surface area (Å²) < 4.78 is 11.5. The summed E-state index contributed by atoms with van der Waals surface area (Å²) in [5.74, 6) is 7.24. The van der Waals surface area contributed by atoms with Gasteiger partial charge < -0.3 is 15.2 Å². The SMILES string of the molecule is CC#CCOc1ccc2c(c1)OC(C)(C)CC2N. The minimum atomic E-state index is -0.228. The molecule has 1 heterocycles. The van der Waals surface area contributed by atoms with Gasteiger partial charge in [0.1, 0.15) is 23.7 Å². The molecule has 0 aliphatic carbocycles. The molecule has 3 heteroatoms. The fourth-order valence-corrected chi connectivity index (χ4v) is 2.17. The Labute approximate surface area is 108 Å². The second-order valence-electron chi connectivity index (χ2n) is 5.09. The molecule has 1 unspecified atom stereocenters. The van der Waals surface area contributed by atoms with Crippen LogP contribution in [0.25, 0.3) is 0 Å². The first-order valence-electron chi connectivity index (χ1n) is 6.13. The van der Waals surface area contributed by atoms with Gasteiger partial charge in [-0.25, -0.2) is 0 Å². The van der Waals surface area contributed by atoms with Crippen LogP contribution in [0.5, 0.6) is 11.5 Å². The highest BCUT2D eigenvalue weighted by molar-refractivity contribution is 5.44. The van der Waals surface area contributed by atoms with Crippen molar-refractivity contribution in [2.75, 3.05) is 6.61 Å². The van der Waals surface area contributed by atoms with Crippen molar-refractivity contribution in [3.8, 4) is 23.3 Å². The Morgan fingerprint density at radius 3 is 3.00 bits per heavy atom. The quantitative estimate of drug-likeness (QED) is 0.815. The molecule has 0 radical (unpaired) electrons. The van der Waals surface area contributed by atoms with E-state index in [4.69, 9.17) is 15.2 Å². The van der Waals surface area contributed by atoms with Gasteiger partial charge in [-0.05, 0) is 26.8 Å². The van der Waals surface area contributed by atoms with Gasteiger partial charge in [-0.3, -0.25) is 0 Å². The number of ether oxygens (including phenoxy) is 2. The van der Waals surface area contributed by atoms with Gasteiger partial charge in [0.2, 0.25) is 0 Å². The van der Waals surface area contributed by atoms with Crippen molar-refractivity contribution in [3.63, 3.8) is 0 Å². The first kappa shape index (κ1) is 12.8. The fraction of sp³-hybridized carbons (Fsp3) is 0.467. The van der Waals surface area contributed by atoms with Crippen molar-refractivity contribution < 1.29 is 9.47 Å². The van der Waals surface area contributed by atoms with E-state index in [2.05, 4.69) is 11.8 Å². The van der Waals surface area contributed by atoms with Gasteiger partial charge in [-0.1, -0.05) is 12.0 Å². The summed E-state index contributed by atoms with van der Waals surface area (Å²) in [6.07, 6.45) is 0.821. The molecule has 0 amide bonds. The Hall–Kier alpha value is -1.66. The van der Waals surface area contributed by atoms with E-state index < -0.39 is 0 Å². The fourth-order valence-electron chi connectivity index (χ4n) is 2.17. The third kappa shape index (κ3) is 2.77. The second-order valence-corrected chi connectivity index (χ2v) is 5.09. The molecule has 0 aromatic heterocycles. The Balaban J connectivity index is 2.22. The summed E-state index contributed by atoms with van der Waals surface area (Å²) in [6, 6.07) is 5.81. The lowest BCUT2D eigenvalue weighted by atomic mass is 9.90. The maximum absolute atomic E-state index is 6.15. The Morgan fingerprint density at radius 1 is 1.50 bits per heavy atom. The van der Waals surface area contributed by atoms with Gasteiger partial charge in [0.05, 0.1) is 0 Å². The van der Waals surface area contributed by atoms with Gasteiger partial charge >= 0.3 is 0 Å².